The van der Waals surface area contributed by atoms with Gasteiger partial charge in [-0.3, -0.25) is 9.59 Å². The summed E-state index contributed by atoms with van der Waals surface area (Å²) in [5, 5.41) is 28.4. The Kier molecular flexibility index (Phi) is 23.7. The van der Waals surface area contributed by atoms with Crippen molar-refractivity contribution in [3.63, 3.8) is 0 Å². The Bertz CT molecular complexity index is 4390. The highest BCUT2D eigenvalue weighted by molar-refractivity contribution is 6.40. The third kappa shape index (κ3) is 15.8. The van der Waals surface area contributed by atoms with E-state index in [1.165, 1.54) is 44.5 Å². The molecule has 0 radical (unpaired) electrons. The minimum atomic E-state index is -0.212. The zero-order chi connectivity index (χ0) is 75.3. The summed E-state index contributed by atoms with van der Waals surface area (Å²) < 4.78 is 31.1. The summed E-state index contributed by atoms with van der Waals surface area (Å²) in [4.78, 5) is 33.2. The van der Waals surface area contributed by atoms with Gasteiger partial charge in [0.25, 0.3) is 0 Å². The molecule has 0 aliphatic heterocycles. The highest BCUT2D eigenvalue weighted by atomic mass is 16.5. The highest BCUT2D eigenvalue weighted by Crippen LogP contribution is 2.45. The summed E-state index contributed by atoms with van der Waals surface area (Å²) in [6.07, 6.45) is 37.4. The lowest BCUT2D eigenvalue weighted by Crippen LogP contribution is -2.44. The van der Waals surface area contributed by atoms with Crippen molar-refractivity contribution in [2.75, 3.05) is 37.2 Å². The van der Waals surface area contributed by atoms with E-state index in [4.69, 9.17) is 18.9 Å². The fourth-order valence-electron chi connectivity index (χ4n) is 18.8. The molecular formula is C96H110N4O8. The number of carbonyl (C=O) groups is 2. The Labute approximate surface area is 641 Å². The van der Waals surface area contributed by atoms with Crippen molar-refractivity contribution in [3.8, 4) is 0 Å². The van der Waals surface area contributed by atoms with E-state index in [1.54, 1.807) is 0 Å². The van der Waals surface area contributed by atoms with Crippen LogP contribution in [0.25, 0.3) is 11.1 Å². The van der Waals surface area contributed by atoms with E-state index in [0.717, 1.165) is 174 Å². The molecule has 0 spiro atoms. The van der Waals surface area contributed by atoms with Crippen LogP contribution in [0.4, 0.5) is 34.1 Å². The van der Waals surface area contributed by atoms with E-state index >= 15 is 0 Å². The predicted octanol–water partition coefficient (Wildman–Crippen LogP) is 19.0. The Balaban J connectivity index is 0.618. The lowest BCUT2D eigenvalue weighted by molar-refractivity contribution is -0.503. The first kappa shape index (κ1) is 75.8. The largest absolute Gasteiger partial charge is 0.871 e. The molecule has 0 amide bonds. The summed E-state index contributed by atoms with van der Waals surface area (Å²) in [7, 11) is 3.63. The maximum atomic E-state index is 14.2. The summed E-state index contributed by atoms with van der Waals surface area (Å²) in [5.41, 5.74) is 21.8. The number of aryl methyl sites for hydroxylation is 8. The number of hydrogen-bond donors (Lipinski definition) is 0. The van der Waals surface area contributed by atoms with Crippen molar-refractivity contribution in [1.82, 2.24) is 0 Å². The van der Waals surface area contributed by atoms with Crippen LogP contribution < -0.4 is 20.0 Å². The lowest BCUT2D eigenvalue weighted by atomic mass is 9.80. The number of allylic oxidation sites excluding steroid dienone is 14. The van der Waals surface area contributed by atoms with Gasteiger partial charge < -0.3 is 39.0 Å². The number of ketones is 2. The van der Waals surface area contributed by atoms with Gasteiger partial charge in [0.1, 0.15) is 12.2 Å². The molecule has 0 N–H and O–H groups in total. The van der Waals surface area contributed by atoms with Gasteiger partial charge in [-0.05, 0) is 226 Å². The van der Waals surface area contributed by atoms with Crippen LogP contribution in [0.15, 0.2) is 204 Å². The van der Waals surface area contributed by atoms with Crippen LogP contribution in [0, 0.1) is 55.4 Å². The van der Waals surface area contributed by atoms with Crippen molar-refractivity contribution in [1.29, 1.82) is 0 Å². The minimum absolute atomic E-state index is 0.0255. The smallest absolute Gasteiger partial charge is 0.208 e. The second-order valence-electron chi connectivity index (χ2n) is 31.8. The molecule has 4 fully saturated rings. The first-order chi connectivity index (χ1) is 52.5. The van der Waals surface area contributed by atoms with Gasteiger partial charge in [0.05, 0.1) is 24.3 Å². The van der Waals surface area contributed by atoms with Crippen molar-refractivity contribution < 1.29 is 47.9 Å². The molecule has 12 nitrogen and oxygen atoms in total. The third-order valence-electron chi connectivity index (χ3n) is 24.3. The average molecular weight is 1450 g/mol. The molecule has 12 heteroatoms. The van der Waals surface area contributed by atoms with E-state index in [1.807, 2.05) is 62.8 Å². The lowest BCUT2D eigenvalue weighted by Gasteiger charge is -2.41. The molecule has 108 heavy (non-hydrogen) atoms. The SMILES string of the molecule is COC1CCCCC1N(c1ccc(C2=C([O-])C(=C3C=CC(=[N+](c4ccc(C)cc4C)C4CCCCC4OCCCCCCOC4CCCCC4[N+](=C4C=CC(=C5C(=O)C(c6ccc(N(c7ccc(C)cc7C)C7CCCCC7OC)cc6)=C5[O-])C=C4)c4ccc(C)cc4C)C=C3)C2=O)cc1)c1ccc(C)cc1C. The van der Waals surface area contributed by atoms with Gasteiger partial charge in [-0.25, -0.2) is 0 Å². The number of hydrogen-bond acceptors (Lipinski definition) is 10. The molecule has 0 saturated heterocycles. The molecular weight excluding hydrogens is 1340 g/mol. The van der Waals surface area contributed by atoms with Crippen molar-refractivity contribution in [2.45, 2.75) is 232 Å². The first-order valence-electron chi connectivity index (χ1n) is 40.3. The van der Waals surface area contributed by atoms with Crippen LogP contribution in [-0.2, 0) is 28.5 Å². The molecule has 0 bridgehead atoms. The fraction of sp³-hybridized carbons (Fsp3) is 0.417. The topological polar surface area (TPSA) is 130 Å². The van der Waals surface area contributed by atoms with E-state index in [0.29, 0.717) is 35.5 Å². The van der Waals surface area contributed by atoms with Gasteiger partial charge in [-0.1, -0.05) is 146 Å². The normalized spacial score (nSPS) is 23.0. The maximum Gasteiger partial charge on any atom is 0.208 e. The minimum Gasteiger partial charge on any atom is -0.871 e. The zero-order valence-electron chi connectivity index (χ0n) is 65.4. The first-order valence-corrected chi connectivity index (χ1v) is 40.3. The van der Waals surface area contributed by atoms with Crippen LogP contribution in [0.5, 0.6) is 0 Å². The number of anilines is 4. The van der Waals surface area contributed by atoms with Gasteiger partial charge in [0.15, 0.2) is 23.7 Å². The maximum absolute atomic E-state index is 14.2. The number of nitrogens with zero attached hydrogens (tertiary/aromatic N) is 4. The molecule has 0 heterocycles. The molecule has 0 aromatic heterocycles. The van der Waals surface area contributed by atoms with E-state index in [-0.39, 0.29) is 94.0 Å². The molecule has 14 rings (SSSR count). The molecule has 4 saturated carbocycles. The Morgan fingerprint density at radius 3 is 1.05 bits per heavy atom. The number of carbonyl (C=O) groups excluding carboxylic acids is 2. The van der Waals surface area contributed by atoms with Gasteiger partial charge >= 0.3 is 0 Å². The van der Waals surface area contributed by atoms with Gasteiger partial charge in [-0.2, -0.15) is 9.15 Å². The molecule has 8 aliphatic rings. The van der Waals surface area contributed by atoms with Crippen LogP contribution in [0.1, 0.15) is 184 Å². The number of ether oxygens (including phenoxy) is 4. The van der Waals surface area contributed by atoms with Gasteiger partial charge in [-0.15, -0.1) is 0 Å². The Morgan fingerprint density at radius 2 is 0.704 bits per heavy atom. The van der Waals surface area contributed by atoms with Crippen molar-refractivity contribution in [3.05, 3.63) is 259 Å². The van der Waals surface area contributed by atoms with Gasteiger partial charge in [0.2, 0.25) is 22.8 Å². The Hall–Kier alpha value is -9.04. The van der Waals surface area contributed by atoms with Crippen LogP contribution in [0.2, 0.25) is 0 Å². The van der Waals surface area contributed by atoms with Crippen LogP contribution in [-0.4, -0.2) is 108 Å². The standard InChI is InChI=1S/C96H110N4O8/c1-61-31-51-77(65(5)57-61)97(81-23-13-17-27-85(81)105-9)73-43-35-69(36-44-73)89-93(101)91(94(89)102)71-39-47-75(48-40-71)99(79-53-33-63(3)59-67(79)7)83-25-15-19-29-87(83)107-55-21-11-12-22-56-108-88-30-20-16-26-84(88)100(80-54-34-64(4)60-68(80)8)76-49-41-72(42-50-76)92-95(103)90(96(92)104)70-37-45-74(46-38-70)98(78-52-32-62(2)58-66(78)6)82-24-14-18-28-86(82)106-10/h31-54,57-60,81-88H,11-30,55-56H2,1-10H3. The fourth-order valence-corrected chi connectivity index (χ4v) is 18.8. The number of rotatable bonds is 23. The van der Waals surface area contributed by atoms with E-state index in [9.17, 15) is 19.8 Å². The Morgan fingerprint density at radius 1 is 0.370 bits per heavy atom. The highest BCUT2D eigenvalue weighted by Gasteiger charge is 2.42. The number of methoxy groups -OCH3 is 2. The summed E-state index contributed by atoms with van der Waals surface area (Å²) in [5.74, 6) is -0.849. The summed E-state index contributed by atoms with van der Waals surface area (Å²) in [6, 6.07) is 43.1. The molecule has 8 aliphatic carbocycles. The molecule has 8 atom stereocenters. The predicted molar refractivity (Wildman–Crippen MR) is 434 cm³/mol. The average Bonchev–Trinajstić information content (AvgIpc) is 0.745. The molecule has 6 aromatic carbocycles. The van der Waals surface area contributed by atoms with Crippen LogP contribution >= 0.6 is 0 Å². The number of Topliss-reactive ketones (excluding diaryl/α,β-unsaturated/α-hetero) is 2. The van der Waals surface area contributed by atoms with E-state index < -0.39 is 0 Å². The third-order valence-corrected chi connectivity index (χ3v) is 24.3. The summed E-state index contributed by atoms with van der Waals surface area (Å²) >= 11 is 0. The van der Waals surface area contributed by atoms with Crippen molar-refractivity contribution >= 4 is 68.3 Å². The summed E-state index contributed by atoms with van der Waals surface area (Å²) in [6.45, 7) is 18.6. The monoisotopic (exact) mass is 1450 g/mol. The zero-order valence-corrected chi connectivity index (χ0v) is 65.4. The van der Waals surface area contributed by atoms with Crippen molar-refractivity contribution in [2.24, 2.45) is 0 Å². The van der Waals surface area contributed by atoms with Gasteiger partial charge in [0, 0.05) is 133 Å². The van der Waals surface area contributed by atoms with E-state index in [2.05, 4.69) is 196 Å². The number of benzene rings is 6. The van der Waals surface area contributed by atoms with Crippen LogP contribution in [0.3, 0.4) is 0 Å². The quantitative estimate of drug-likeness (QED) is 0.0347. The number of unbranched alkanes of at least 4 members (excludes halogenated alkanes) is 3. The molecule has 6 aromatic rings. The second-order valence-corrected chi connectivity index (χ2v) is 31.8. The second kappa shape index (κ2) is 33.8. The molecule has 8 unspecified atom stereocenters. The molecule has 562 valence electrons.